The number of rotatable bonds is 3. The van der Waals surface area contributed by atoms with Gasteiger partial charge in [-0.25, -0.2) is 4.39 Å². The molecule has 0 aromatic heterocycles. The summed E-state index contributed by atoms with van der Waals surface area (Å²) in [6.07, 6.45) is 6.12. The Labute approximate surface area is 102 Å². The van der Waals surface area contributed by atoms with Crippen LogP contribution in [0.1, 0.15) is 43.7 Å². The number of hydrogen-bond acceptors (Lipinski definition) is 2. The van der Waals surface area contributed by atoms with E-state index in [1.165, 1.54) is 32.4 Å². The molecular formula is C14H20FNO. The molecule has 2 N–H and O–H groups in total. The first kappa shape index (κ1) is 12.4. The number of halogens is 1. The van der Waals surface area contributed by atoms with Gasteiger partial charge in [0.05, 0.1) is 7.11 Å². The highest BCUT2D eigenvalue weighted by molar-refractivity contribution is 5.31. The molecule has 1 atom stereocenters. The van der Waals surface area contributed by atoms with Gasteiger partial charge in [-0.15, -0.1) is 0 Å². The van der Waals surface area contributed by atoms with Gasteiger partial charge in [-0.3, -0.25) is 0 Å². The topological polar surface area (TPSA) is 35.2 Å². The first-order chi connectivity index (χ1) is 8.22. The maximum Gasteiger partial charge on any atom is 0.165 e. The maximum absolute atomic E-state index is 13.6. The van der Waals surface area contributed by atoms with Crippen LogP contribution < -0.4 is 10.5 Å². The molecule has 17 heavy (non-hydrogen) atoms. The zero-order valence-electron chi connectivity index (χ0n) is 10.3. The van der Waals surface area contributed by atoms with Crippen molar-refractivity contribution >= 4 is 0 Å². The van der Waals surface area contributed by atoms with Crippen LogP contribution in [0.5, 0.6) is 5.75 Å². The van der Waals surface area contributed by atoms with Gasteiger partial charge in [0, 0.05) is 6.04 Å². The predicted octanol–water partition coefficient (Wildman–Crippen LogP) is 3.41. The molecule has 0 bridgehead atoms. The molecule has 1 fully saturated rings. The van der Waals surface area contributed by atoms with Crippen LogP contribution in [0.2, 0.25) is 0 Å². The van der Waals surface area contributed by atoms with Crippen molar-refractivity contribution in [1.29, 1.82) is 0 Å². The van der Waals surface area contributed by atoms with Crippen molar-refractivity contribution in [2.24, 2.45) is 11.7 Å². The Morgan fingerprint density at radius 3 is 2.59 bits per heavy atom. The zero-order valence-corrected chi connectivity index (χ0v) is 10.3. The van der Waals surface area contributed by atoms with Gasteiger partial charge in [-0.05, 0) is 36.5 Å². The van der Waals surface area contributed by atoms with Gasteiger partial charge in [-0.1, -0.05) is 25.3 Å². The Balaban J connectivity index is 2.12. The fourth-order valence-electron chi connectivity index (χ4n) is 2.66. The number of methoxy groups -OCH3 is 1. The summed E-state index contributed by atoms with van der Waals surface area (Å²) < 4.78 is 18.5. The average molecular weight is 237 g/mol. The van der Waals surface area contributed by atoms with E-state index in [0.29, 0.717) is 5.92 Å². The number of hydrogen-bond donors (Lipinski definition) is 1. The van der Waals surface area contributed by atoms with Crippen LogP contribution in [-0.4, -0.2) is 7.11 Å². The molecule has 1 aromatic rings. The molecular weight excluding hydrogens is 217 g/mol. The van der Waals surface area contributed by atoms with Crippen molar-refractivity contribution in [3.63, 3.8) is 0 Å². The molecule has 1 aromatic carbocycles. The summed E-state index contributed by atoms with van der Waals surface area (Å²) in [6, 6.07) is 5.00. The minimum atomic E-state index is -0.323. The molecule has 3 heteroatoms. The SMILES string of the molecule is COc1ccc([C@@H](N)C2CCCCC2)cc1F. The number of benzene rings is 1. The summed E-state index contributed by atoms with van der Waals surface area (Å²) in [5.74, 6) is 0.456. The van der Waals surface area contributed by atoms with Crippen LogP contribution in [0.25, 0.3) is 0 Å². The van der Waals surface area contributed by atoms with E-state index >= 15 is 0 Å². The highest BCUT2D eigenvalue weighted by atomic mass is 19.1. The second-order valence-electron chi connectivity index (χ2n) is 4.82. The zero-order chi connectivity index (χ0) is 12.3. The van der Waals surface area contributed by atoms with Crippen molar-refractivity contribution in [1.82, 2.24) is 0 Å². The minimum absolute atomic E-state index is 0.0456. The highest BCUT2D eigenvalue weighted by Crippen LogP contribution is 2.33. The first-order valence-electron chi connectivity index (χ1n) is 6.31. The van der Waals surface area contributed by atoms with Gasteiger partial charge in [0.2, 0.25) is 0 Å². The third kappa shape index (κ3) is 2.78. The average Bonchev–Trinajstić information content (AvgIpc) is 2.39. The second-order valence-corrected chi connectivity index (χ2v) is 4.82. The van der Waals surface area contributed by atoms with Crippen LogP contribution in [-0.2, 0) is 0 Å². The molecule has 1 aliphatic carbocycles. The lowest BCUT2D eigenvalue weighted by atomic mass is 9.81. The largest absolute Gasteiger partial charge is 0.494 e. The Bertz CT molecular complexity index is 374. The number of nitrogens with two attached hydrogens (primary N) is 1. The van der Waals surface area contributed by atoms with Crippen LogP contribution >= 0.6 is 0 Å². The first-order valence-corrected chi connectivity index (χ1v) is 6.31. The normalized spacial score (nSPS) is 19.0. The molecule has 0 spiro atoms. The van der Waals surface area contributed by atoms with Crippen molar-refractivity contribution < 1.29 is 9.13 Å². The van der Waals surface area contributed by atoms with Crippen molar-refractivity contribution in [3.8, 4) is 5.75 Å². The molecule has 2 nitrogen and oxygen atoms in total. The monoisotopic (exact) mass is 237 g/mol. The quantitative estimate of drug-likeness (QED) is 0.874. The smallest absolute Gasteiger partial charge is 0.165 e. The lowest BCUT2D eigenvalue weighted by Crippen LogP contribution is -2.23. The van der Waals surface area contributed by atoms with Crippen molar-refractivity contribution in [2.75, 3.05) is 7.11 Å². The van der Waals surface area contributed by atoms with Gasteiger partial charge in [-0.2, -0.15) is 0 Å². The summed E-state index contributed by atoms with van der Waals surface area (Å²) in [5, 5.41) is 0. The van der Waals surface area contributed by atoms with E-state index in [1.54, 1.807) is 6.07 Å². The van der Waals surface area contributed by atoms with Crippen LogP contribution in [0.4, 0.5) is 4.39 Å². The lowest BCUT2D eigenvalue weighted by molar-refractivity contribution is 0.307. The van der Waals surface area contributed by atoms with E-state index in [2.05, 4.69) is 0 Å². The van der Waals surface area contributed by atoms with Crippen LogP contribution in [0.3, 0.4) is 0 Å². The Kier molecular flexibility index (Phi) is 4.00. The Morgan fingerprint density at radius 1 is 1.29 bits per heavy atom. The van der Waals surface area contributed by atoms with E-state index in [1.807, 2.05) is 6.07 Å². The van der Waals surface area contributed by atoms with E-state index in [-0.39, 0.29) is 17.6 Å². The van der Waals surface area contributed by atoms with E-state index in [0.717, 1.165) is 18.4 Å². The highest BCUT2D eigenvalue weighted by Gasteiger charge is 2.22. The van der Waals surface area contributed by atoms with Crippen LogP contribution in [0, 0.1) is 11.7 Å². The summed E-state index contributed by atoms with van der Waals surface area (Å²) >= 11 is 0. The van der Waals surface area contributed by atoms with Gasteiger partial charge in [0.15, 0.2) is 11.6 Å². The summed E-state index contributed by atoms with van der Waals surface area (Å²) in [4.78, 5) is 0. The predicted molar refractivity (Wildman–Crippen MR) is 66.5 cm³/mol. The van der Waals surface area contributed by atoms with Crippen molar-refractivity contribution in [3.05, 3.63) is 29.6 Å². The molecule has 0 aliphatic heterocycles. The van der Waals surface area contributed by atoms with Gasteiger partial charge >= 0.3 is 0 Å². The summed E-state index contributed by atoms with van der Waals surface area (Å²) in [7, 11) is 1.47. The van der Waals surface area contributed by atoms with E-state index in [4.69, 9.17) is 10.5 Å². The molecule has 1 aliphatic rings. The maximum atomic E-state index is 13.6. The molecule has 0 amide bonds. The third-order valence-corrected chi connectivity index (χ3v) is 3.72. The standard InChI is InChI=1S/C14H20FNO/c1-17-13-8-7-11(9-12(13)15)14(16)10-5-3-2-4-6-10/h7-10,14H,2-6,16H2,1H3/t14-/m0/s1. The fourth-order valence-corrected chi connectivity index (χ4v) is 2.66. The fraction of sp³-hybridized carbons (Fsp3) is 0.571. The van der Waals surface area contributed by atoms with Gasteiger partial charge < -0.3 is 10.5 Å². The van der Waals surface area contributed by atoms with Gasteiger partial charge in [0.25, 0.3) is 0 Å². The molecule has 0 unspecified atom stereocenters. The second kappa shape index (κ2) is 5.50. The molecule has 0 saturated heterocycles. The molecule has 94 valence electrons. The van der Waals surface area contributed by atoms with Crippen LogP contribution in [0.15, 0.2) is 18.2 Å². The van der Waals surface area contributed by atoms with Crippen molar-refractivity contribution in [2.45, 2.75) is 38.1 Å². The van der Waals surface area contributed by atoms with E-state index in [9.17, 15) is 4.39 Å². The Morgan fingerprint density at radius 2 is 2.00 bits per heavy atom. The third-order valence-electron chi connectivity index (χ3n) is 3.72. The van der Waals surface area contributed by atoms with Gasteiger partial charge in [0.1, 0.15) is 0 Å². The molecule has 2 rings (SSSR count). The summed E-state index contributed by atoms with van der Waals surface area (Å²) in [5.41, 5.74) is 7.11. The van der Waals surface area contributed by atoms with E-state index < -0.39 is 0 Å². The lowest BCUT2D eigenvalue weighted by Gasteiger charge is -2.27. The molecule has 0 radical (unpaired) electrons. The molecule has 0 heterocycles. The minimum Gasteiger partial charge on any atom is -0.494 e. The Hall–Kier alpha value is -1.09. The summed E-state index contributed by atoms with van der Waals surface area (Å²) in [6.45, 7) is 0. The molecule has 1 saturated carbocycles. The number of ether oxygens (including phenoxy) is 1.